The molecule has 2 aromatic carbocycles. The van der Waals surface area contributed by atoms with E-state index in [1.807, 2.05) is 24.3 Å². The van der Waals surface area contributed by atoms with Crippen LogP contribution in [-0.4, -0.2) is 26.8 Å². The maximum absolute atomic E-state index is 12.1. The summed E-state index contributed by atoms with van der Waals surface area (Å²) in [6.45, 7) is 0.395. The molecule has 136 valence electrons. The van der Waals surface area contributed by atoms with Gasteiger partial charge in [0.2, 0.25) is 0 Å². The third-order valence-corrected chi connectivity index (χ3v) is 4.09. The van der Waals surface area contributed by atoms with Crippen molar-refractivity contribution in [3.05, 3.63) is 92.2 Å². The molecule has 0 bridgehead atoms. The molecule has 0 aliphatic rings. The molecule has 27 heavy (non-hydrogen) atoms. The Kier molecular flexibility index (Phi) is 5.72. The van der Waals surface area contributed by atoms with Crippen LogP contribution in [0.3, 0.4) is 0 Å². The molecule has 0 atom stereocenters. The molecular formula is C18H14BrN5O3. The zero-order valence-electron chi connectivity index (χ0n) is 13.9. The molecule has 0 aliphatic heterocycles. The van der Waals surface area contributed by atoms with Crippen LogP contribution in [0.1, 0.15) is 21.6 Å². The Morgan fingerprint density at radius 3 is 2.74 bits per heavy atom. The van der Waals surface area contributed by atoms with Gasteiger partial charge in [0.25, 0.3) is 11.6 Å². The van der Waals surface area contributed by atoms with Crippen molar-refractivity contribution in [2.45, 2.75) is 6.54 Å². The van der Waals surface area contributed by atoms with E-state index in [4.69, 9.17) is 0 Å². The number of rotatable bonds is 6. The Morgan fingerprint density at radius 1 is 1.26 bits per heavy atom. The van der Waals surface area contributed by atoms with Crippen molar-refractivity contribution in [3.8, 4) is 0 Å². The average molecular weight is 428 g/mol. The zero-order chi connectivity index (χ0) is 19.2. The van der Waals surface area contributed by atoms with Crippen molar-refractivity contribution in [1.82, 2.24) is 15.2 Å². The van der Waals surface area contributed by atoms with Gasteiger partial charge < -0.3 is 0 Å². The van der Waals surface area contributed by atoms with Gasteiger partial charge >= 0.3 is 0 Å². The van der Waals surface area contributed by atoms with E-state index in [0.29, 0.717) is 6.54 Å². The van der Waals surface area contributed by atoms with Gasteiger partial charge in [-0.15, -0.1) is 0 Å². The standard InChI is InChI=1S/C18H14BrN5O3/c19-15-3-1-2-14(10-15)11-20-21-18(25)17-8-9-23(22-17)12-13-4-6-16(7-5-13)24(26)27/h1-11H,12H2,(H,21,25)/b20-11+. The SMILES string of the molecule is O=C(N/N=C/c1cccc(Br)c1)c1ccn(Cc2ccc([N+](=O)[O-])cc2)n1. The van der Waals surface area contributed by atoms with Gasteiger partial charge in [0.05, 0.1) is 17.7 Å². The predicted molar refractivity (Wildman–Crippen MR) is 104 cm³/mol. The highest BCUT2D eigenvalue weighted by molar-refractivity contribution is 9.10. The number of nitro benzene ring substituents is 1. The molecule has 1 amide bonds. The molecule has 0 unspecified atom stereocenters. The summed E-state index contributed by atoms with van der Waals surface area (Å²) in [5.74, 6) is -0.427. The first-order valence-corrected chi connectivity index (χ1v) is 8.66. The summed E-state index contributed by atoms with van der Waals surface area (Å²) in [7, 11) is 0. The number of amides is 1. The van der Waals surface area contributed by atoms with E-state index in [-0.39, 0.29) is 11.4 Å². The van der Waals surface area contributed by atoms with Crippen LogP contribution < -0.4 is 5.43 Å². The van der Waals surface area contributed by atoms with Crippen LogP contribution in [0.4, 0.5) is 5.69 Å². The number of hydrogen-bond donors (Lipinski definition) is 1. The highest BCUT2D eigenvalue weighted by Crippen LogP contribution is 2.13. The number of benzene rings is 2. The Balaban J connectivity index is 1.59. The summed E-state index contributed by atoms with van der Waals surface area (Å²) in [6.07, 6.45) is 3.20. The number of halogens is 1. The lowest BCUT2D eigenvalue weighted by Gasteiger charge is -2.01. The van der Waals surface area contributed by atoms with Gasteiger partial charge in [-0.25, -0.2) is 5.43 Å². The van der Waals surface area contributed by atoms with Crippen LogP contribution in [0.25, 0.3) is 0 Å². The number of carbonyl (C=O) groups is 1. The largest absolute Gasteiger partial charge is 0.291 e. The number of hydrogen-bond acceptors (Lipinski definition) is 5. The Labute approximate surface area is 162 Å². The van der Waals surface area contributed by atoms with Gasteiger partial charge in [-0.2, -0.15) is 10.2 Å². The molecule has 9 heteroatoms. The molecule has 3 rings (SSSR count). The molecule has 1 N–H and O–H groups in total. The van der Waals surface area contributed by atoms with E-state index in [9.17, 15) is 14.9 Å². The van der Waals surface area contributed by atoms with Crippen LogP contribution in [0.2, 0.25) is 0 Å². The van der Waals surface area contributed by atoms with Crippen molar-refractivity contribution >= 4 is 33.7 Å². The first-order chi connectivity index (χ1) is 13.0. The molecule has 0 fully saturated rings. The van der Waals surface area contributed by atoms with E-state index >= 15 is 0 Å². The van der Waals surface area contributed by atoms with Gasteiger partial charge in [-0.05, 0) is 29.3 Å². The minimum Gasteiger partial charge on any atom is -0.268 e. The quantitative estimate of drug-likeness (QED) is 0.370. The van der Waals surface area contributed by atoms with Crippen molar-refractivity contribution < 1.29 is 9.72 Å². The summed E-state index contributed by atoms with van der Waals surface area (Å²) >= 11 is 3.37. The molecule has 1 heterocycles. The molecule has 0 saturated heterocycles. The number of non-ortho nitro benzene ring substituents is 1. The van der Waals surface area contributed by atoms with Crippen molar-refractivity contribution in [3.63, 3.8) is 0 Å². The normalized spacial score (nSPS) is 10.9. The molecule has 0 radical (unpaired) electrons. The second-order valence-corrected chi connectivity index (χ2v) is 6.49. The lowest BCUT2D eigenvalue weighted by atomic mass is 10.2. The molecular weight excluding hydrogens is 414 g/mol. The molecule has 0 saturated carbocycles. The molecule has 1 aromatic heterocycles. The van der Waals surface area contributed by atoms with Crippen LogP contribution in [0.5, 0.6) is 0 Å². The monoisotopic (exact) mass is 427 g/mol. The summed E-state index contributed by atoms with van der Waals surface area (Å²) in [4.78, 5) is 22.3. The smallest absolute Gasteiger partial charge is 0.268 e. The summed E-state index contributed by atoms with van der Waals surface area (Å²) in [5, 5.41) is 18.8. The second kappa shape index (κ2) is 8.37. The van der Waals surface area contributed by atoms with Gasteiger partial charge in [-0.1, -0.05) is 40.2 Å². The topological polar surface area (TPSA) is 102 Å². The maximum Gasteiger partial charge on any atom is 0.291 e. The van der Waals surface area contributed by atoms with E-state index in [1.54, 1.807) is 29.1 Å². The third-order valence-electron chi connectivity index (χ3n) is 3.59. The lowest BCUT2D eigenvalue weighted by molar-refractivity contribution is -0.384. The number of nitrogens with zero attached hydrogens (tertiary/aromatic N) is 4. The fourth-order valence-electron chi connectivity index (χ4n) is 2.29. The molecule has 8 nitrogen and oxygen atoms in total. The highest BCUT2D eigenvalue weighted by atomic mass is 79.9. The maximum atomic E-state index is 12.1. The van der Waals surface area contributed by atoms with Crippen LogP contribution in [0, 0.1) is 10.1 Å². The minimum absolute atomic E-state index is 0.0302. The Bertz CT molecular complexity index is 998. The third kappa shape index (κ3) is 5.08. The minimum atomic E-state index is -0.450. The number of aromatic nitrogens is 2. The van der Waals surface area contributed by atoms with Crippen molar-refractivity contribution in [2.24, 2.45) is 5.10 Å². The lowest BCUT2D eigenvalue weighted by Crippen LogP contribution is -2.18. The van der Waals surface area contributed by atoms with Gasteiger partial charge in [0.1, 0.15) is 0 Å². The molecule has 0 spiro atoms. The number of nitro groups is 1. The van der Waals surface area contributed by atoms with Crippen molar-refractivity contribution in [1.29, 1.82) is 0 Å². The van der Waals surface area contributed by atoms with E-state index in [2.05, 4.69) is 31.6 Å². The van der Waals surface area contributed by atoms with E-state index < -0.39 is 10.8 Å². The summed E-state index contributed by atoms with van der Waals surface area (Å²) < 4.78 is 2.50. The Morgan fingerprint density at radius 2 is 2.04 bits per heavy atom. The molecule has 0 aliphatic carbocycles. The zero-order valence-corrected chi connectivity index (χ0v) is 15.5. The highest BCUT2D eigenvalue weighted by Gasteiger charge is 2.09. The first-order valence-electron chi connectivity index (χ1n) is 7.87. The fraction of sp³-hybridized carbons (Fsp3) is 0.0556. The summed E-state index contributed by atoms with van der Waals surface area (Å²) in [6, 6.07) is 15.2. The van der Waals surface area contributed by atoms with Gasteiger partial charge in [0, 0.05) is 22.8 Å². The van der Waals surface area contributed by atoms with Crippen molar-refractivity contribution in [2.75, 3.05) is 0 Å². The Hall–Kier alpha value is -3.33. The average Bonchev–Trinajstić information content (AvgIpc) is 3.11. The van der Waals surface area contributed by atoms with E-state index in [0.717, 1.165) is 15.6 Å². The van der Waals surface area contributed by atoms with Crippen LogP contribution in [-0.2, 0) is 6.54 Å². The number of carbonyl (C=O) groups excluding carboxylic acids is 1. The fourth-order valence-corrected chi connectivity index (χ4v) is 2.71. The van der Waals surface area contributed by atoms with E-state index in [1.165, 1.54) is 18.3 Å². The van der Waals surface area contributed by atoms with Crippen LogP contribution >= 0.6 is 15.9 Å². The number of hydrazone groups is 1. The van der Waals surface area contributed by atoms with Gasteiger partial charge in [0.15, 0.2) is 5.69 Å². The number of nitrogens with one attached hydrogen (secondary N) is 1. The van der Waals surface area contributed by atoms with Gasteiger partial charge in [-0.3, -0.25) is 19.6 Å². The second-order valence-electron chi connectivity index (χ2n) is 5.58. The first kappa shape index (κ1) is 18.5. The van der Waals surface area contributed by atoms with Crippen LogP contribution in [0.15, 0.2) is 70.4 Å². The predicted octanol–water partition coefficient (Wildman–Crippen LogP) is 3.37. The summed E-state index contributed by atoms with van der Waals surface area (Å²) in [5.41, 5.74) is 4.36. The molecule has 3 aromatic rings.